The van der Waals surface area contributed by atoms with E-state index in [-0.39, 0.29) is 5.54 Å². The van der Waals surface area contributed by atoms with E-state index in [1.807, 2.05) is 36.5 Å². The van der Waals surface area contributed by atoms with Crippen molar-refractivity contribution in [3.63, 3.8) is 0 Å². The first kappa shape index (κ1) is 17.3. The molecule has 0 atom stereocenters. The lowest BCUT2D eigenvalue weighted by molar-refractivity contribution is 0.0686. The van der Waals surface area contributed by atoms with Crippen LogP contribution >= 0.6 is 11.6 Å². The summed E-state index contributed by atoms with van der Waals surface area (Å²) < 4.78 is 6.08. The van der Waals surface area contributed by atoms with Crippen molar-refractivity contribution in [2.45, 2.75) is 25.0 Å². The van der Waals surface area contributed by atoms with Gasteiger partial charge < -0.3 is 20.4 Å². The Morgan fingerprint density at radius 3 is 2.73 bits per heavy atom. The van der Waals surface area contributed by atoms with Crippen LogP contribution in [0.4, 0.5) is 5.82 Å². The molecule has 0 amide bonds. The van der Waals surface area contributed by atoms with E-state index >= 15 is 0 Å². The molecule has 0 radical (unpaired) electrons. The molecule has 0 aliphatic carbocycles. The first-order valence-corrected chi connectivity index (χ1v) is 9.21. The Balaban J connectivity index is 1.48. The molecule has 2 aromatic heterocycles. The third-order valence-electron chi connectivity index (χ3n) is 4.86. The van der Waals surface area contributed by atoms with Crippen LogP contribution in [-0.2, 0) is 11.3 Å². The third kappa shape index (κ3) is 3.82. The number of piperidine rings is 1. The molecule has 0 saturated carbocycles. The number of anilines is 1. The second-order valence-electron chi connectivity index (χ2n) is 6.74. The lowest BCUT2D eigenvalue weighted by atomic mass is 9.89. The lowest BCUT2D eigenvalue weighted by Gasteiger charge is -2.38. The fourth-order valence-electron chi connectivity index (χ4n) is 3.38. The average Bonchev–Trinajstić information content (AvgIpc) is 3.14. The Kier molecular flexibility index (Phi) is 5.06. The number of benzene rings is 1. The number of hydrogen-bond acceptors (Lipinski definition) is 5. The van der Waals surface area contributed by atoms with Crippen molar-refractivity contribution in [1.29, 1.82) is 0 Å². The smallest absolute Gasteiger partial charge is 0.142 e. The molecule has 1 aromatic carbocycles. The second kappa shape index (κ2) is 7.61. The Hall–Kier alpha value is -2.15. The highest BCUT2D eigenvalue weighted by atomic mass is 35.5. The maximum absolute atomic E-state index is 6.08. The Morgan fingerprint density at radius 2 is 1.92 bits per heavy atom. The highest BCUT2D eigenvalue weighted by Gasteiger charge is 2.33. The predicted octanol–water partition coefficient (Wildman–Crippen LogP) is 3.36. The summed E-state index contributed by atoms with van der Waals surface area (Å²) in [6.07, 6.45) is 5.42. The normalized spacial score (nSPS) is 16.7. The van der Waals surface area contributed by atoms with Gasteiger partial charge in [0.2, 0.25) is 0 Å². The van der Waals surface area contributed by atoms with Gasteiger partial charge in [0, 0.05) is 11.2 Å². The molecule has 4 rings (SSSR count). The summed E-state index contributed by atoms with van der Waals surface area (Å²) in [5.74, 6) is 0.855. The van der Waals surface area contributed by atoms with E-state index in [1.54, 1.807) is 6.33 Å². The van der Waals surface area contributed by atoms with E-state index in [0.717, 1.165) is 53.4 Å². The van der Waals surface area contributed by atoms with Gasteiger partial charge >= 0.3 is 0 Å². The summed E-state index contributed by atoms with van der Waals surface area (Å²) in [6, 6.07) is 9.78. The van der Waals surface area contributed by atoms with Crippen LogP contribution in [0.2, 0.25) is 5.02 Å². The van der Waals surface area contributed by atoms with E-state index in [1.165, 1.54) is 0 Å². The van der Waals surface area contributed by atoms with E-state index in [0.29, 0.717) is 13.2 Å². The van der Waals surface area contributed by atoms with Gasteiger partial charge in [0.1, 0.15) is 17.8 Å². The molecule has 0 spiro atoms. The van der Waals surface area contributed by atoms with Crippen LogP contribution in [0.3, 0.4) is 0 Å². The zero-order chi connectivity index (χ0) is 17.8. The van der Waals surface area contributed by atoms with Crippen LogP contribution in [0.25, 0.3) is 11.0 Å². The van der Waals surface area contributed by atoms with Gasteiger partial charge in [0.05, 0.1) is 24.1 Å². The first-order valence-electron chi connectivity index (χ1n) is 8.83. The Bertz CT molecular complexity index is 858. The molecular weight excluding hydrogens is 350 g/mol. The van der Waals surface area contributed by atoms with E-state index in [9.17, 15) is 0 Å². The summed E-state index contributed by atoms with van der Waals surface area (Å²) in [5, 5.41) is 8.83. The highest BCUT2D eigenvalue weighted by Crippen LogP contribution is 2.28. The summed E-state index contributed by atoms with van der Waals surface area (Å²) in [7, 11) is 0. The van der Waals surface area contributed by atoms with Crippen LogP contribution in [0, 0.1) is 0 Å². The van der Waals surface area contributed by atoms with Gasteiger partial charge in [-0.2, -0.15) is 0 Å². The molecule has 1 aliphatic heterocycles. The van der Waals surface area contributed by atoms with E-state index < -0.39 is 0 Å². The fourth-order valence-corrected chi connectivity index (χ4v) is 3.50. The molecule has 3 N–H and O–H groups in total. The number of aromatic nitrogens is 3. The van der Waals surface area contributed by atoms with Crippen LogP contribution in [0.5, 0.6) is 0 Å². The number of rotatable bonds is 6. The average molecular weight is 372 g/mol. The molecule has 136 valence electrons. The summed E-state index contributed by atoms with van der Waals surface area (Å²) in [4.78, 5) is 11.9. The minimum Gasteiger partial charge on any atom is -0.374 e. The molecule has 3 aromatic rings. The largest absolute Gasteiger partial charge is 0.374 e. The molecule has 3 heterocycles. The summed E-state index contributed by atoms with van der Waals surface area (Å²) >= 11 is 5.95. The molecule has 6 nitrogen and oxygen atoms in total. The van der Waals surface area contributed by atoms with E-state index in [4.69, 9.17) is 16.3 Å². The summed E-state index contributed by atoms with van der Waals surface area (Å²) in [5.41, 5.74) is 1.82. The van der Waals surface area contributed by atoms with Gasteiger partial charge in [0.25, 0.3) is 0 Å². The molecule has 1 saturated heterocycles. The topological polar surface area (TPSA) is 74.9 Å². The summed E-state index contributed by atoms with van der Waals surface area (Å²) in [6.45, 7) is 3.10. The Labute approximate surface area is 157 Å². The van der Waals surface area contributed by atoms with Gasteiger partial charge in [-0.3, -0.25) is 0 Å². The minimum atomic E-state index is -0.143. The number of nitrogens with one attached hydrogen (secondary N) is 3. The van der Waals surface area contributed by atoms with E-state index in [2.05, 4.69) is 25.6 Å². The maximum atomic E-state index is 6.08. The zero-order valence-corrected chi connectivity index (χ0v) is 15.2. The number of halogens is 1. The Morgan fingerprint density at radius 1 is 1.12 bits per heavy atom. The fraction of sp³-hybridized carbons (Fsp3) is 0.368. The number of nitrogens with zero attached hydrogens (tertiary/aromatic N) is 2. The standard InChI is InChI=1S/C19H22ClN5O/c20-15-3-1-14(2-4-15)11-26-12-19(6-9-21-10-7-19)25-18-16-5-8-22-17(16)23-13-24-18/h1-5,8,13,21H,6-7,9-12H2,(H2,22,23,24,25). The van der Waals surface area contributed by atoms with Crippen LogP contribution < -0.4 is 10.6 Å². The van der Waals surface area contributed by atoms with Crippen molar-refractivity contribution >= 4 is 28.5 Å². The highest BCUT2D eigenvalue weighted by molar-refractivity contribution is 6.30. The molecule has 1 aliphatic rings. The van der Waals surface area contributed by atoms with Crippen molar-refractivity contribution < 1.29 is 4.74 Å². The molecule has 0 bridgehead atoms. The van der Waals surface area contributed by atoms with Crippen molar-refractivity contribution in [2.75, 3.05) is 25.0 Å². The maximum Gasteiger partial charge on any atom is 0.142 e. The number of H-pyrrole nitrogens is 1. The van der Waals surface area contributed by atoms with Crippen LogP contribution in [0.15, 0.2) is 42.9 Å². The predicted molar refractivity (Wildman–Crippen MR) is 103 cm³/mol. The lowest BCUT2D eigenvalue weighted by Crippen LogP contribution is -2.51. The molecule has 7 heteroatoms. The number of fused-ring (bicyclic) bond motifs is 1. The third-order valence-corrected chi connectivity index (χ3v) is 5.11. The number of hydrogen-bond donors (Lipinski definition) is 3. The van der Waals surface area contributed by atoms with Crippen molar-refractivity contribution in [3.05, 3.63) is 53.4 Å². The van der Waals surface area contributed by atoms with Crippen molar-refractivity contribution in [3.8, 4) is 0 Å². The number of ether oxygens (including phenoxy) is 1. The van der Waals surface area contributed by atoms with Crippen LogP contribution in [-0.4, -0.2) is 40.2 Å². The van der Waals surface area contributed by atoms with Crippen molar-refractivity contribution in [2.24, 2.45) is 0 Å². The zero-order valence-electron chi connectivity index (χ0n) is 14.5. The number of aromatic amines is 1. The van der Waals surface area contributed by atoms with Gasteiger partial charge in [0.15, 0.2) is 0 Å². The minimum absolute atomic E-state index is 0.143. The quantitative estimate of drug-likeness (QED) is 0.619. The second-order valence-corrected chi connectivity index (χ2v) is 7.17. The molecular formula is C19H22ClN5O. The van der Waals surface area contributed by atoms with Crippen molar-refractivity contribution in [1.82, 2.24) is 20.3 Å². The van der Waals surface area contributed by atoms with Crippen LogP contribution in [0.1, 0.15) is 18.4 Å². The van der Waals surface area contributed by atoms with Gasteiger partial charge in [-0.15, -0.1) is 0 Å². The van der Waals surface area contributed by atoms with Gasteiger partial charge in [-0.1, -0.05) is 23.7 Å². The van der Waals surface area contributed by atoms with Gasteiger partial charge in [-0.25, -0.2) is 9.97 Å². The molecule has 1 fully saturated rings. The SMILES string of the molecule is Clc1ccc(COCC2(Nc3ncnc4[nH]ccc34)CCNCC2)cc1. The molecule has 0 unspecified atom stereocenters. The molecule has 26 heavy (non-hydrogen) atoms. The van der Waals surface area contributed by atoms with Gasteiger partial charge in [-0.05, 0) is 49.7 Å². The monoisotopic (exact) mass is 371 g/mol. The first-order chi connectivity index (χ1) is 12.7.